The predicted octanol–water partition coefficient (Wildman–Crippen LogP) is 3.60. The molecule has 1 aromatic heterocycles. The quantitative estimate of drug-likeness (QED) is 0.840. The number of carbonyl (C=O) groups is 1. The zero-order valence-corrected chi connectivity index (χ0v) is 13.3. The number of aromatic nitrogens is 2. The van der Waals surface area contributed by atoms with Crippen molar-refractivity contribution >= 4 is 34.8 Å². The summed E-state index contributed by atoms with van der Waals surface area (Å²) >= 11 is 12.2. The summed E-state index contributed by atoms with van der Waals surface area (Å²) in [6.07, 6.45) is 3.33. The first-order valence-electron chi connectivity index (χ1n) is 6.84. The molecule has 1 aliphatic rings. The average Bonchev–Trinajstić information content (AvgIpc) is 2.54. The Morgan fingerprint density at radius 2 is 2.23 bits per heavy atom. The second kappa shape index (κ2) is 6.10. The molecule has 0 radical (unpaired) electrons. The monoisotopic (exact) mass is 337 g/mol. The van der Waals surface area contributed by atoms with E-state index in [1.807, 2.05) is 6.92 Å². The van der Waals surface area contributed by atoms with Gasteiger partial charge in [0.05, 0.1) is 22.3 Å². The van der Waals surface area contributed by atoms with E-state index >= 15 is 0 Å². The van der Waals surface area contributed by atoms with E-state index in [9.17, 15) is 4.79 Å². The summed E-state index contributed by atoms with van der Waals surface area (Å²) < 4.78 is 5.87. The van der Waals surface area contributed by atoms with Crippen LogP contribution in [0.25, 0.3) is 0 Å². The highest BCUT2D eigenvalue weighted by Gasteiger charge is 2.32. The lowest BCUT2D eigenvalue weighted by molar-refractivity contribution is 0.0949. The Bertz CT molecular complexity index is 724. The molecule has 0 spiro atoms. The number of anilines is 1. The molecule has 0 fully saturated rings. The third-order valence-electron chi connectivity index (χ3n) is 3.48. The van der Waals surface area contributed by atoms with E-state index in [0.29, 0.717) is 23.0 Å². The summed E-state index contributed by atoms with van der Waals surface area (Å²) in [4.78, 5) is 22.2. The van der Waals surface area contributed by atoms with E-state index in [4.69, 9.17) is 27.9 Å². The topological polar surface area (TPSA) is 55.3 Å². The summed E-state index contributed by atoms with van der Waals surface area (Å²) in [5.41, 5.74) is 0.788. The van der Waals surface area contributed by atoms with Gasteiger partial charge in [-0.3, -0.25) is 9.69 Å². The minimum absolute atomic E-state index is 0.128. The molecule has 1 atom stereocenters. The fourth-order valence-corrected chi connectivity index (χ4v) is 2.74. The highest BCUT2D eigenvalue weighted by Crippen LogP contribution is 2.40. The highest BCUT2D eigenvalue weighted by atomic mass is 35.5. The maximum absolute atomic E-state index is 12.8. The second-order valence-corrected chi connectivity index (χ2v) is 5.69. The maximum atomic E-state index is 12.8. The van der Waals surface area contributed by atoms with Crippen molar-refractivity contribution in [2.24, 2.45) is 0 Å². The van der Waals surface area contributed by atoms with E-state index in [0.717, 1.165) is 6.42 Å². The molecule has 0 aliphatic carbocycles. The van der Waals surface area contributed by atoms with E-state index in [-0.39, 0.29) is 22.7 Å². The van der Waals surface area contributed by atoms with Gasteiger partial charge in [-0.05, 0) is 18.6 Å². The molecule has 1 unspecified atom stereocenters. The van der Waals surface area contributed by atoms with Crippen molar-refractivity contribution in [1.29, 1.82) is 0 Å². The lowest BCUT2D eigenvalue weighted by atomic mass is 10.1. The third kappa shape index (κ3) is 2.62. The number of ether oxygens (including phenoxy) is 1. The van der Waals surface area contributed by atoms with Crippen molar-refractivity contribution in [3.05, 3.63) is 46.5 Å². The number of benzene rings is 1. The smallest absolute Gasteiger partial charge is 0.278 e. The molecule has 5 nitrogen and oxygen atoms in total. The van der Waals surface area contributed by atoms with Crippen LogP contribution in [0.2, 0.25) is 10.0 Å². The molecule has 1 amide bonds. The van der Waals surface area contributed by atoms with E-state index in [1.165, 1.54) is 12.5 Å². The molecule has 0 N–H and O–H groups in total. The standard InChI is InChI=1S/C15H13Cl2N3O2/c1-2-9-7-20(12-5-3-4-10(16)14(12)22-9)15(21)13-11(17)6-18-8-19-13/h3-6,8-9H,2,7H2,1H3. The molecule has 2 heterocycles. The highest BCUT2D eigenvalue weighted by molar-refractivity contribution is 6.34. The molecule has 22 heavy (non-hydrogen) atoms. The molecular formula is C15H13Cl2N3O2. The van der Waals surface area contributed by atoms with Crippen molar-refractivity contribution in [3.63, 3.8) is 0 Å². The Morgan fingerprint density at radius 3 is 2.95 bits per heavy atom. The number of hydrogen-bond acceptors (Lipinski definition) is 4. The summed E-state index contributed by atoms with van der Waals surface area (Å²) in [6, 6.07) is 5.30. The number of fused-ring (bicyclic) bond motifs is 1. The Hall–Kier alpha value is -1.85. The van der Waals surface area contributed by atoms with Gasteiger partial charge in [0.2, 0.25) is 0 Å². The number of para-hydroxylation sites is 1. The lowest BCUT2D eigenvalue weighted by Crippen LogP contribution is -2.43. The largest absolute Gasteiger partial charge is 0.485 e. The van der Waals surface area contributed by atoms with Crippen LogP contribution in [0, 0.1) is 0 Å². The summed E-state index contributed by atoms with van der Waals surface area (Å²) in [5.74, 6) is 0.221. The van der Waals surface area contributed by atoms with Gasteiger partial charge in [0.25, 0.3) is 5.91 Å². The van der Waals surface area contributed by atoms with E-state index in [2.05, 4.69) is 9.97 Å². The van der Waals surface area contributed by atoms with Gasteiger partial charge in [-0.25, -0.2) is 9.97 Å². The molecule has 2 aromatic rings. The Kier molecular flexibility index (Phi) is 4.18. The number of nitrogens with zero attached hydrogens (tertiary/aromatic N) is 3. The number of rotatable bonds is 2. The van der Waals surface area contributed by atoms with Crippen LogP contribution in [-0.4, -0.2) is 28.5 Å². The molecular weight excluding hydrogens is 325 g/mol. The average molecular weight is 338 g/mol. The van der Waals surface area contributed by atoms with E-state index < -0.39 is 0 Å². The van der Waals surface area contributed by atoms with Crippen LogP contribution in [0.4, 0.5) is 5.69 Å². The Labute approximate surface area is 137 Å². The van der Waals surface area contributed by atoms with Gasteiger partial charge in [-0.1, -0.05) is 36.2 Å². The first-order chi connectivity index (χ1) is 10.6. The molecule has 1 aliphatic heterocycles. The van der Waals surface area contributed by atoms with Gasteiger partial charge in [-0.2, -0.15) is 0 Å². The van der Waals surface area contributed by atoms with Gasteiger partial charge in [0, 0.05) is 6.20 Å². The van der Waals surface area contributed by atoms with E-state index in [1.54, 1.807) is 23.1 Å². The van der Waals surface area contributed by atoms with Crippen molar-refractivity contribution < 1.29 is 9.53 Å². The fourth-order valence-electron chi connectivity index (χ4n) is 2.34. The van der Waals surface area contributed by atoms with Gasteiger partial charge < -0.3 is 4.74 Å². The molecule has 1 aromatic carbocycles. The fraction of sp³-hybridized carbons (Fsp3) is 0.267. The van der Waals surface area contributed by atoms with Crippen LogP contribution in [0.3, 0.4) is 0 Å². The van der Waals surface area contributed by atoms with Crippen molar-refractivity contribution in [3.8, 4) is 5.75 Å². The van der Waals surface area contributed by atoms with Crippen LogP contribution >= 0.6 is 23.2 Å². The molecule has 0 saturated carbocycles. The minimum Gasteiger partial charge on any atom is -0.485 e. The molecule has 114 valence electrons. The van der Waals surface area contributed by atoms with Crippen molar-refractivity contribution in [2.45, 2.75) is 19.4 Å². The first-order valence-corrected chi connectivity index (χ1v) is 7.60. The zero-order chi connectivity index (χ0) is 15.7. The van der Waals surface area contributed by atoms with Crippen LogP contribution in [0.5, 0.6) is 5.75 Å². The molecule has 7 heteroatoms. The third-order valence-corrected chi connectivity index (χ3v) is 4.05. The van der Waals surface area contributed by atoms with Gasteiger partial charge in [0.1, 0.15) is 12.4 Å². The van der Waals surface area contributed by atoms with Crippen LogP contribution in [-0.2, 0) is 0 Å². The SMILES string of the molecule is CCC1CN(C(=O)c2ncncc2Cl)c2cccc(Cl)c2O1. The lowest BCUT2D eigenvalue weighted by Gasteiger charge is -2.34. The second-order valence-electron chi connectivity index (χ2n) is 4.87. The Balaban J connectivity index is 2.05. The van der Waals surface area contributed by atoms with Gasteiger partial charge >= 0.3 is 0 Å². The van der Waals surface area contributed by atoms with Crippen LogP contribution in [0.1, 0.15) is 23.8 Å². The number of hydrogen-bond donors (Lipinski definition) is 0. The predicted molar refractivity (Wildman–Crippen MR) is 84.9 cm³/mol. The number of carbonyl (C=O) groups excluding carboxylic acids is 1. The van der Waals surface area contributed by atoms with Crippen LogP contribution in [0.15, 0.2) is 30.7 Å². The van der Waals surface area contributed by atoms with Crippen LogP contribution < -0.4 is 9.64 Å². The molecule has 3 rings (SSSR count). The maximum Gasteiger partial charge on any atom is 0.278 e. The summed E-state index contributed by atoms with van der Waals surface area (Å²) in [6.45, 7) is 2.41. The number of amides is 1. The minimum atomic E-state index is -0.294. The van der Waals surface area contributed by atoms with Gasteiger partial charge in [-0.15, -0.1) is 0 Å². The molecule has 0 saturated heterocycles. The normalized spacial score (nSPS) is 16.9. The first kappa shape index (κ1) is 15.1. The Morgan fingerprint density at radius 1 is 1.41 bits per heavy atom. The summed E-state index contributed by atoms with van der Waals surface area (Å²) in [5, 5.41) is 0.692. The van der Waals surface area contributed by atoms with Gasteiger partial charge in [0.15, 0.2) is 11.4 Å². The number of halogens is 2. The molecule has 0 bridgehead atoms. The van der Waals surface area contributed by atoms with Crippen molar-refractivity contribution in [2.75, 3.05) is 11.4 Å². The summed E-state index contributed by atoms with van der Waals surface area (Å²) in [7, 11) is 0. The van der Waals surface area contributed by atoms with Crippen molar-refractivity contribution in [1.82, 2.24) is 9.97 Å². The zero-order valence-electron chi connectivity index (χ0n) is 11.8.